The SMILES string of the molecule is C=Bc1cccc(C2(C3CC3)N=C(N)N(C)C2=O)c1. The Balaban J connectivity index is 2.16. The molecule has 1 aliphatic carbocycles. The van der Waals surface area contributed by atoms with Crippen LogP contribution >= 0.6 is 0 Å². The number of nitrogens with two attached hydrogens (primary N) is 1. The van der Waals surface area contributed by atoms with E-state index >= 15 is 0 Å². The first-order chi connectivity index (χ1) is 9.09. The number of benzene rings is 1. The van der Waals surface area contributed by atoms with Crippen LogP contribution in [0, 0.1) is 5.92 Å². The van der Waals surface area contributed by atoms with Crippen molar-refractivity contribution in [1.29, 1.82) is 0 Å². The van der Waals surface area contributed by atoms with Gasteiger partial charge in [0.05, 0.1) is 0 Å². The van der Waals surface area contributed by atoms with Crippen molar-refractivity contribution in [2.45, 2.75) is 18.4 Å². The summed E-state index contributed by atoms with van der Waals surface area (Å²) >= 11 is 0. The molecule has 1 aromatic rings. The number of carbonyl (C=O) groups excluding carboxylic acids is 1. The van der Waals surface area contributed by atoms with E-state index in [1.54, 1.807) is 14.0 Å². The molecule has 3 rings (SSSR count). The van der Waals surface area contributed by atoms with Crippen molar-refractivity contribution in [3.63, 3.8) is 0 Å². The van der Waals surface area contributed by atoms with E-state index in [4.69, 9.17) is 5.73 Å². The van der Waals surface area contributed by atoms with Gasteiger partial charge in [0.25, 0.3) is 0 Å². The molecule has 1 heterocycles. The quantitative estimate of drug-likeness (QED) is 0.761. The Morgan fingerprint density at radius 2 is 2.26 bits per heavy atom. The second kappa shape index (κ2) is 4.05. The average molecular weight is 253 g/mol. The van der Waals surface area contributed by atoms with E-state index in [0.717, 1.165) is 23.9 Å². The predicted molar refractivity (Wildman–Crippen MR) is 77.7 cm³/mol. The molecule has 4 nitrogen and oxygen atoms in total. The molecule has 5 heteroatoms. The van der Waals surface area contributed by atoms with Gasteiger partial charge in [-0.05, 0) is 0 Å². The van der Waals surface area contributed by atoms with E-state index in [1.807, 2.05) is 24.3 Å². The van der Waals surface area contributed by atoms with Crippen LogP contribution in [-0.2, 0) is 10.3 Å². The maximum atomic E-state index is 12.6. The van der Waals surface area contributed by atoms with Gasteiger partial charge < -0.3 is 0 Å². The van der Waals surface area contributed by atoms with Crippen LogP contribution in [0.1, 0.15) is 18.4 Å². The molecule has 96 valence electrons. The van der Waals surface area contributed by atoms with E-state index in [9.17, 15) is 4.79 Å². The van der Waals surface area contributed by atoms with Crippen LogP contribution in [0.5, 0.6) is 0 Å². The fraction of sp³-hybridized carbons (Fsp3) is 0.357. The number of hydrogen-bond donors (Lipinski definition) is 1. The molecule has 2 N–H and O–H groups in total. The standard InChI is InChI=1S/C14H16BN3O/c1-15-11-5-3-4-10(8-11)14(9-6-7-9)12(19)18(2)13(16)17-14/h3-5,8-9H,1,6-7H2,2H3,(H2,16,17). The number of amides is 1. The second-order valence-electron chi connectivity index (χ2n) is 5.20. The predicted octanol–water partition coefficient (Wildman–Crippen LogP) is -0.160. The second-order valence-corrected chi connectivity index (χ2v) is 5.20. The molecule has 1 aromatic carbocycles. The van der Waals surface area contributed by atoms with Gasteiger partial charge in [-0.3, -0.25) is 0 Å². The Morgan fingerprint density at radius 3 is 2.79 bits per heavy atom. The topological polar surface area (TPSA) is 58.7 Å². The Labute approximate surface area is 113 Å². The summed E-state index contributed by atoms with van der Waals surface area (Å²) in [5, 5.41) is 0. The van der Waals surface area contributed by atoms with Crippen LogP contribution in [0.4, 0.5) is 0 Å². The Hall–Kier alpha value is -1.91. The molecule has 0 radical (unpaired) electrons. The minimum atomic E-state index is -0.808. The number of aliphatic imine (C=N–C) groups is 1. The van der Waals surface area contributed by atoms with Crippen molar-refractivity contribution in [1.82, 2.24) is 4.90 Å². The van der Waals surface area contributed by atoms with Gasteiger partial charge in [-0.15, -0.1) is 0 Å². The van der Waals surface area contributed by atoms with E-state index in [2.05, 4.69) is 11.5 Å². The number of rotatable bonds is 3. The van der Waals surface area contributed by atoms with Gasteiger partial charge in [0, 0.05) is 0 Å². The molecule has 0 saturated heterocycles. The van der Waals surface area contributed by atoms with Crippen LogP contribution in [0.3, 0.4) is 0 Å². The summed E-state index contributed by atoms with van der Waals surface area (Å²) in [6, 6.07) is 7.85. The zero-order chi connectivity index (χ0) is 13.6. The molecular formula is C14H16BN3O. The van der Waals surface area contributed by atoms with Gasteiger partial charge in [0.15, 0.2) is 0 Å². The van der Waals surface area contributed by atoms with E-state index < -0.39 is 5.54 Å². The monoisotopic (exact) mass is 253 g/mol. The fourth-order valence-electron chi connectivity index (χ4n) is 2.76. The van der Waals surface area contributed by atoms with Crippen molar-refractivity contribution < 1.29 is 4.79 Å². The normalized spacial score (nSPS) is 26.3. The zero-order valence-electron chi connectivity index (χ0n) is 11.0. The molecular weight excluding hydrogens is 237 g/mol. The summed E-state index contributed by atoms with van der Waals surface area (Å²) in [5.74, 6) is 0.554. The Kier molecular flexibility index (Phi) is 2.59. The molecule has 1 atom stereocenters. The molecule has 1 saturated carbocycles. The molecule has 1 unspecified atom stereocenters. The van der Waals surface area contributed by atoms with Crippen LogP contribution in [-0.4, -0.2) is 37.2 Å². The van der Waals surface area contributed by atoms with Crippen molar-refractivity contribution in [2.24, 2.45) is 16.6 Å². The van der Waals surface area contributed by atoms with Crippen LogP contribution in [0.25, 0.3) is 0 Å². The third kappa shape index (κ3) is 1.64. The minimum absolute atomic E-state index is 0.0197. The van der Waals surface area contributed by atoms with Crippen LogP contribution in [0.2, 0.25) is 0 Å². The number of hydrogen-bond acceptors (Lipinski definition) is 3. The van der Waals surface area contributed by atoms with Gasteiger partial charge >= 0.3 is 112 Å². The average Bonchev–Trinajstić information content (AvgIpc) is 3.24. The first-order valence-corrected chi connectivity index (χ1v) is 6.46. The molecule has 1 fully saturated rings. The molecule has 19 heavy (non-hydrogen) atoms. The van der Waals surface area contributed by atoms with Gasteiger partial charge in [0.1, 0.15) is 0 Å². The van der Waals surface area contributed by atoms with Crippen molar-refractivity contribution in [3.8, 4) is 0 Å². The van der Waals surface area contributed by atoms with Gasteiger partial charge in [-0.2, -0.15) is 0 Å². The van der Waals surface area contributed by atoms with Crippen molar-refractivity contribution >= 4 is 30.7 Å². The zero-order valence-corrected chi connectivity index (χ0v) is 11.0. The third-order valence-electron chi connectivity index (χ3n) is 4.00. The first kappa shape index (κ1) is 12.1. The number of guanidine groups is 1. The number of carbonyl (C=O) groups is 1. The summed E-state index contributed by atoms with van der Waals surface area (Å²) in [6.07, 6.45) is 2.04. The van der Waals surface area contributed by atoms with Gasteiger partial charge in [-0.1, -0.05) is 0 Å². The first-order valence-electron chi connectivity index (χ1n) is 6.46. The Morgan fingerprint density at radius 1 is 1.53 bits per heavy atom. The maximum absolute atomic E-state index is 12.6. The van der Waals surface area contributed by atoms with Crippen LogP contribution < -0.4 is 11.2 Å². The number of nitrogens with zero attached hydrogens (tertiary/aromatic N) is 2. The molecule has 1 aliphatic heterocycles. The summed E-state index contributed by atoms with van der Waals surface area (Å²) in [4.78, 5) is 18.6. The van der Waals surface area contributed by atoms with E-state index in [-0.39, 0.29) is 11.8 Å². The summed E-state index contributed by atoms with van der Waals surface area (Å²) < 4.78 is 0. The molecule has 1 amide bonds. The summed E-state index contributed by atoms with van der Waals surface area (Å²) in [5.41, 5.74) is 6.96. The van der Waals surface area contributed by atoms with E-state index in [1.165, 1.54) is 4.90 Å². The Bertz CT molecular complexity index is 594. The molecule has 2 aliphatic rings. The van der Waals surface area contributed by atoms with Gasteiger partial charge in [0.2, 0.25) is 0 Å². The molecule has 0 spiro atoms. The van der Waals surface area contributed by atoms with Crippen molar-refractivity contribution in [3.05, 3.63) is 29.8 Å². The van der Waals surface area contributed by atoms with Crippen molar-refractivity contribution in [2.75, 3.05) is 7.05 Å². The number of likely N-dealkylation sites (N-methyl/N-ethyl adjacent to an activating group) is 1. The summed E-state index contributed by atoms with van der Waals surface area (Å²) in [7, 11) is 1.68. The summed E-state index contributed by atoms with van der Waals surface area (Å²) in [6.45, 7) is 5.55. The van der Waals surface area contributed by atoms with Crippen LogP contribution in [0.15, 0.2) is 29.3 Å². The molecule has 0 aromatic heterocycles. The van der Waals surface area contributed by atoms with Gasteiger partial charge in [-0.25, -0.2) is 0 Å². The van der Waals surface area contributed by atoms with E-state index in [0.29, 0.717) is 5.96 Å². The fourth-order valence-corrected chi connectivity index (χ4v) is 2.76. The molecule has 0 bridgehead atoms. The third-order valence-corrected chi connectivity index (χ3v) is 4.00.